The van der Waals surface area contributed by atoms with E-state index in [1.165, 1.54) is 68.6 Å². The molecule has 0 saturated carbocycles. The molecule has 0 spiro atoms. The molecule has 0 amide bonds. The molecule has 15 aromatic rings. The minimum atomic E-state index is 0.881. The molecule has 2 nitrogen and oxygen atoms in total. The predicted octanol–water partition coefficient (Wildman–Crippen LogP) is 20.2. The second-order valence-electron chi connectivity index (χ2n) is 18.7. The van der Waals surface area contributed by atoms with E-state index in [-0.39, 0.29) is 0 Å². The van der Waals surface area contributed by atoms with Crippen LogP contribution in [-0.2, 0) is 0 Å². The normalized spacial score (nSPS) is 11.9. The van der Waals surface area contributed by atoms with E-state index in [0.717, 1.165) is 77.8 Å². The third kappa shape index (κ3) is 6.27. The van der Waals surface area contributed by atoms with Crippen molar-refractivity contribution < 1.29 is 4.42 Å². The highest BCUT2D eigenvalue weighted by Crippen LogP contribution is 2.51. The molecule has 330 valence electrons. The van der Waals surface area contributed by atoms with Crippen LogP contribution in [0.2, 0.25) is 0 Å². The first-order valence-electron chi connectivity index (χ1n) is 24.3. The van der Waals surface area contributed by atoms with Gasteiger partial charge in [-0.2, -0.15) is 0 Å². The summed E-state index contributed by atoms with van der Waals surface area (Å²) in [6.07, 6.45) is 0. The summed E-state index contributed by atoms with van der Waals surface area (Å²) in [6, 6.07) is 91.7. The van der Waals surface area contributed by atoms with Crippen LogP contribution in [0.25, 0.3) is 129 Å². The summed E-state index contributed by atoms with van der Waals surface area (Å²) < 4.78 is 9.22. The van der Waals surface area contributed by atoms with Gasteiger partial charge in [0.2, 0.25) is 0 Å². The van der Waals surface area contributed by atoms with E-state index in [1.807, 2.05) is 11.3 Å². The van der Waals surface area contributed by atoms with Crippen molar-refractivity contribution in [1.29, 1.82) is 0 Å². The van der Waals surface area contributed by atoms with E-state index in [2.05, 4.69) is 254 Å². The van der Waals surface area contributed by atoms with Crippen LogP contribution in [0.3, 0.4) is 0 Å². The highest BCUT2D eigenvalue weighted by atomic mass is 32.1. The molecule has 0 unspecified atom stereocenters. The third-order valence-electron chi connectivity index (χ3n) is 14.8. The number of hydrogen-bond donors (Lipinski definition) is 0. The van der Waals surface area contributed by atoms with Crippen LogP contribution >= 0.6 is 11.3 Å². The van der Waals surface area contributed by atoms with Crippen LogP contribution in [0.1, 0.15) is 0 Å². The first kappa shape index (κ1) is 39.9. The second-order valence-corrected chi connectivity index (χ2v) is 19.8. The van der Waals surface area contributed by atoms with Gasteiger partial charge in [-0.25, -0.2) is 0 Å². The molecule has 2 heterocycles. The van der Waals surface area contributed by atoms with E-state index in [0.29, 0.717) is 0 Å². The Kier molecular flexibility index (Phi) is 8.86. The zero-order chi connectivity index (χ0) is 46.6. The number of benzene rings is 13. The molecule has 0 N–H and O–H groups in total. The van der Waals surface area contributed by atoms with Crippen molar-refractivity contribution in [2.24, 2.45) is 0 Å². The summed E-state index contributed by atoms with van der Waals surface area (Å²) >= 11 is 1.86. The third-order valence-corrected chi connectivity index (χ3v) is 15.9. The molecule has 3 heteroatoms. The highest BCUT2D eigenvalue weighted by molar-refractivity contribution is 7.25. The SMILES string of the molecule is c1ccc(N(c2ccc3c(c2)sc2ccccc23)c2cccc(-c3ccc4oc5c6ccccc6ccc5c4c3)c2-c2ccc3ccccc3c2)c(-c2ccc3c4ccccc4c4ccccc4c3c2)c1. The monoisotopic (exact) mass is 919 g/mol. The quantitative estimate of drug-likeness (QED) is 0.155. The Morgan fingerprint density at radius 3 is 1.68 bits per heavy atom. The Morgan fingerprint density at radius 1 is 0.296 bits per heavy atom. The van der Waals surface area contributed by atoms with Gasteiger partial charge in [-0.3, -0.25) is 0 Å². The van der Waals surface area contributed by atoms with Crippen molar-refractivity contribution in [2.75, 3.05) is 4.90 Å². The maximum absolute atomic E-state index is 6.67. The average molecular weight is 920 g/mol. The summed E-state index contributed by atoms with van der Waals surface area (Å²) in [7, 11) is 0. The highest BCUT2D eigenvalue weighted by Gasteiger charge is 2.25. The molecule has 0 aliphatic heterocycles. The zero-order valence-electron chi connectivity index (χ0n) is 38.4. The second kappa shape index (κ2) is 15.8. The number of fused-ring (bicyclic) bond motifs is 15. The number of nitrogens with zero attached hydrogens (tertiary/aromatic N) is 1. The van der Waals surface area contributed by atoms with Crippen LogP contribution in [0, 0.1) is 0 Å². The van der Waals surface area contributed by atoms with Gasteiger partial charge in [0.15, 0.2) is 0 Å². The molecule has 71 heavy (non-hydrogen) atoms. The molecule has 13 aromatic carbocycles. The largest absolute Gasteiger partial charge is 0.455 e. The molecule has 0 fully saturated rings. The van der Waals surface area contributed by atoms with Gasteiger partial charge in [-0.1, -0.05) is 188 Å². The summed E-state index contributed by atoms with van der Waals surface area (Å²) in [6.45, 7) is 0. The maximum Gasteiger partial charge on any atom is 0.143 e. The van der Waals surface area contributed by atoms with Gasteiger partial charge in [-0.15, -0.1) is 11.3 Å². The Labute approximate surface area is 413 Å². The maximum atomic E-state index is 6.67. The van der Waals surface area contributed by atoms with Crippen molar-refractivity contribution in [1.82, 2.24) is 0 Å². The smallest absolute Gasteiger partial charge is 0.143 e. The van der Waals surface area contributed by atoms with E-state index >= 15 is 0 Å². The molecule has 0 aliphatic carbocycles. The minimum Gasteiger partial charge on any atom is -0.455 e. The number of hydrogen-bond acceptors (Lipinski definition) is 3. The van der Waals surface area contributed by atoms with Gasteiger partial charge in [0.25, 0.3) is 0 Å². The van der Waals surface area contributed by atoms with Gasteiger partial charge in [0.05, 0.1) is 11.4 Å². The fourth-order valence-corrected chi connectivity index (χ4v) is 12.7. The van der Waals surface area contributed by atoms with Crippen LogP contribution < -0.4 is 4.90 Å². The van der Waals surface area contributed by atoms with E-state index in [4.69, 9.17) is 4.42 Å². The van der Waals surface area contributed by atoms with Gasteiger partial charge in [-0.05, 0) is 131 Å². The zero-order valence-corrected chi connectivity index (χ0v) is 39.3. The van der Waals surface area contributed by atoms with Crippen LogP contribution in [0.5, 0.6) is 0 Å². The van der Waals surface area contributed by atoms with Crippen LogP contribution in [0.4, 0.5) is 17.1 Å². The molecule has 0 atom stereocenters. The number of furan rings is 1. The molecule has 0 radical (unpaired) electrons. The molecule has 15 rings (SSSR count). The molecule has 2 aromatic heterocycles. The van der Waals surface area contributed by atoms with E-state index in [9.17, 15) is 0 Å². The summed E-state index contributed by atoms with van der Waals surface area (Å²) in [4.78, 5) is 2.52. The Bertz CT molecular complexity index is 4640. The lowest BCUT2D eigenvalue weighted by Crippen LogP contribution is -2.13. The molecular weight excluding hydrogens is 879 g/mol. The van der Waals surface area contributed by atoms with Crippen molar-refractivity contribution in [3.63, 3.8) is 0 Å². The van der Waals surface area contributed by atoms with Crippen molar-refractivity contribution >= 4 is 124 Å². The first-order valence-corrected chi connectivity index (χ1v) is 25.1. The molecule has 0 saturated heterocycles. The first-order chi connectivity index (χ1) is 35.2. The summed E-state index contributed by atoms with van der Waals surface area (Å²) in [5, 5.41) is 17.1. The predicted molar refractivity (Wildman–Crippen MR) is 305 cm³/mol. The van der Waals surface area contributed by atoms with Crippen molar-refractivity contribution in [3.8, 4) is 33.4 Å². The van der Waals surface area contributed by atoms with Gasteiger partial charge >= 0.3 is 0 Å². The van der Waals surface area contributed by atoms with Gasteiger partial charge in [0.1, 0.15) is 11.2 Å². The standard InChI is InChI=1S/C68H41NOS/c1-2-16-44-38-47(29-28-42(44)14-1)67-50(46-32-37-64-61(40-46)59-35-30-43-15-3-4-18-51(43)68(59)70-64)24-13-26-63(67)69(48-33-36-58-57-23-10-12-27-65(57)71-66(58)41-48)62-25-11-9-17-49(62)45-31-34-56-54-21-6-5-19-52(54)53-20-7-8-22-55(53)60(56)39-45/h1-41H. The van der Waals surface area contributed by atoms with Crippen LogP contribution in [0.15, 0.2) is 253 Å². The van der Waals surface area contributed by atoms with E-state index in [1.54, 1.807) is 0 Å². The molecule has 0 aliphatic rings. The van der Waals surface area contributed by atoms with E-state index < -0.39 is 0 Å². The van der Waals surface area contributed by atoms with Crippen molar-refractivity contribution in [2.45, 2.75) is 0 Å². The number of rotatable bonds is 6. The number of anilines is 3. The number of thiophene rings is 1. The summed E-state index contributed by atoms with van der Waals surface area (Å²) in [5.74, 6) is 0. The number of para-hydroxylation sites is 1. The average Bonchev–Trinajstić information content (AvgIpc) is 4.01. The topological polar surface area (TPSA) is 16.4 Å². The Morgan fingerprint density at radius 2 is 0.845 bits per heavy atom. The molecule has 0 bridgehead atoms. The Balaban J connectivity index is 1.01. The van der Waals surface area contributed by atoms with Crippen molar-refractivity contribution in [3.05, 3.63) is 249 Å². The lowest BCUT2D eigenvalue weighted by molar-refractivity contribution is 0.672. The minimum absolute atomic E-state index is 0.881. The fourth-order valence-electron chi connectivity index (χ4n) is 11.5. The van der Waals surface area contributed by atoms with Crippen LogP contribution in [-0.4, -0.2) is 0 Å². The lowest BCUT2D eigenvalue weighted by Gasteiger charge is -2.31. The summed E-state index contributed by atoms with van der Waals surface area (Å²) in [5.41, 5.74) is 12.0. The van der Waals surface area contributed by atoms with Gasteiger partial charge in [0, 0.05) is 53.1 Å². The fraction of sp³-hybridized carbons (Fsp3) is 0. The lowest BCUT2D eigenvalue weighted by atomic mass is 9.89. The Hall–Kier alpha value is -9.02. The van der Waals surface area contributed by atoms with Gasteiger partial charge < -0.3 is 9.32 Å². The molecular formula is C68H41NOS.